The minimum Gasteiger partial charge on any atom is -0.497 e. The minimum absolute atomic E-state index is 0.0279. The highest BCUT2D eigenvalue weighted by molar-refractivity contribution is 5.78. The van der Waals surface area contributed by atoms with E-state index in [4.69, 9.17) is 9.26 Å². The van der Waals surface area contributed by atoms with Crippen molar-refractivity contribution < 1.29 is 14.1 Å². The molecule has 0 bridgehead atoms. The van der Waals surface area contributed by atoms with Crippen molar-refractivity contribution in [2.75, 3.05) is 26.7 Å². The summed E-state index contributed by atoms with van der Waals surface area (Å²) >= 11 is 0. The molecule has 0 aliphatic rings. The van der Waals surface area contributed by atoms with Gasteiger partial charge in [-0.2, -0.15) is 0 Å². The zero-order valence-corrected chi connectivity index (χ0v) is 16.8. The van der Waals surface area contributed by atoms with Gasteiger partial charge in [0.2, 0.25) is 5.91 Å². The lowest BCUT2D eigenvalue weighted by Crippen LogP contribution is -2.34. The van der Waals surface area contributed by atoms with Gasteiger partial charge in [-0.25, -0.2) is 0 Å². The Labute approximate surface area is 161 Å². The maximum atomic E-state index is 12.2. The van der Waals surface area contributed by atoms with Crippen LogP contribution in [0.1, 0.15) is 39.3 Å². The number of benzene rings is 1. The van der Waals surface area contributed by atoms with Crippen molar-refractivity contribution >= 4 is 5.91 Å². The van der Waals surface area contributed by atoms with Gasteiger partial charge in [-0.1, -0.05) is 19.0 Å². The van der Waals surface area contributed by atoms with Gasteiger partial charge in [-0.15, -0.1) is 0 Å². The third-order valence-corrected chi connectivity index (χ3v) is 4.69. The normalized spacial score (nSPS) is 12.2. The van der Waals surface area contributed by atoms with E-state index in [-0.39, 0.29) is 18.4 Å². The first-order chi connectivity index (χ1) is 13.0. The summed E-state index contributed by atoms with van der Waals surface area (Å²) in [4.78, 5) is 14.6. The molecule has 0 saturated carbocycles. The van der Waals surface area contributed by atoms with Crippen LogP contribution in [-0.2, 0) is 11.2 Å². The van der Waals surface area contributed by atoms with Crippen molar-refractivity contribution in [2.24, 2.45) is 0 Å². The van der Waals surface area contributed by atoms with E-state index in [2.05, 4.69) is 29.2 Å². The Bertz CT molecular complexity index is 693. The highest BCUT2D eigenvalue weighted by atomic mass is 16.5. The van der Waals surface area contributed by atoms with Crippen LogP contribution >= 0.6 is 0 Å². The van der Waals surface area contributed by atoms with Crippen molar-refractivity contribution in [2.45, 2.75) is 46.1 Å². The maximum absolute atomic E-state index is 12.2. The lowest BCUT2D eigenvalue weighted by molar-refractivity contribution is -0.121. The van der Waals surface area contributed by atoms with E-state index in [9.17, 15) is 4.79 Å². The van der Waals surface area contributed by atoms with E-state index in [0.717, 1.165) is 43.8 Å². The zero-order chi connectivity index (χ0) is 19.6. The molecule has 0 saturated heterocycles. The number of nitrogens with one attached hydrogen (secondary N) is 1. The van der Waals surface area contributed by atoms with E-state index < -0.39 is 0 Å². The second-order valence-electron chi connectivity index (χ2n) is 6.73. The van der Waals surface area contributed by atoms with Crippen LogP contribution < -0.4 is 10.1 Å². The van der Waals surface area contributed by atoms with Crippen LogP contribution in [0.25, 0.3) is 11.3 Å². The predicted molar refractivity (Wildman–Crippen MR) is 107 cm³/mol. The largest absolute Gasteiger partial charge is 0.497 e. The summed E-state index contributed by atoms with van der Waals surface area (Å²) in [6, 6.07) is 9.50. The summed E-state index contributed by atoms with van der Waals surface area (Å²) in [5.41, 5.74) is 1.54. The van der Waals surface area contributed by atoms with Crippen LogP contribution in [0.2, 0.25) is 0 Å². The molecule has 27 heavy (non-hydrogen) atoms. The molecule has 1 heterocycles. The standard InChI is InChI=1S/C21H31N3O3/c1-5-24(6-2)13-7-8-16(3)22-21(25)15-18-14-20(27-23-18)17-9-11-19(26-4)12-10-17/h9-12,14,16H,5-8,13,15H2,1-4H3,(H,22,25). The zero-order valence-electron chi connectivity index (χ0n) is 16.8. The van der Waals surface area contributed by atoms with Gasteiger partial charge in [0.05, 0.1) is 19.2 Å². The SMILES string of the molecule is CCN(CC)CCCC(C)NC(=O)Cc1cc(-c2ccc(OC)cc2)on1. The number of carbonyl (C=O) groups excluding carboxylic acids is 1. The molecule has 6 heteroatoms. The third kappa shape index (κ3) is 6.71. The van der Waals surface area contributed by atoms with Gasteiger partial charge in [-0.05, 0) is 63.7 Å². The predicted octanol–water partition coefficient (Wildman–Crippen LogP) is 3.52. The summed E-state index contributed by atoms with van der Waals surface area (Å²) < 4.78 is 10.5. The van der Waals surface area contributed by atoms with Crippen molar-refractivity contribution in [1.82, 2.24) is 15.4 Å². The summed E-state index contributed by atoms with van der Waals surface area (Å²) in [5, 5.41) is 7.06. The monoisotopic (exact) mass is 373 g/mol. The fourth-order valence-electron chi connectivity index (χ4n) is 3.01. The van der Waals surface area contributed by atoms with Crippen molar-refractivity contribution in [3.8, 4) is 17.1 Å². The Kier molecular flexibility index (Phi) is 8.33. The molecule has 148 valence electrons. The highest BCUT2D eigenvalue weighted by Crippen LogP contribution is 2.23. The molecule has 1 unspecified atom stereocenters. The smallest absolute Gasteiger partial charge is 0.226 e. The molecular weight excluding hydrogens is 342 g/mol. The second kappa shape index (κ2) is 10.7. The Hall–Kier alpha value is -2.34. The van der Waals surface area contributed by atoms with Crippen molar-refractivity contribution in [1.29, 1.82) is 0 Å². The number of methoxy groups -OCH3 is 1. The number of ether oxygens (including phenoxy) is 1. The van der Waals surface area contributed by atoms with Crippen LogP contribution in [0.5, 0.6) is 5.75 Å². The molecule has 0 aliphatic heterocycles. The molecule has 1 aromatic carbocycles. The molecule has 1 amide bonds. The van der Waals surface area contributed by atoms with Gasteiger partial charge in [0.15, 0.2) is 5.76 Å². The number of nitrogens with zero attached hydrogens (tertiary/aromatic N) is 2. The Morgan fingerprint density at radius 1 is 1.26 bits per heavy atom. The van der Waals surface area contributed by atoms with Crippen molar-refractivity contribution in [3.05, 3.63) is 36.0 Å². The molecular formula is C21H31N3O3. The van der Waals surface area contributed by atoms with Gasteiger partial charge in [0.25, 0.3) is 0 Å². The topological polar surface area (TPSA) is 67.6 Å². The van der Waals surface area contributed by atoms with E-state index in [1.165, 1.54) is 0 Å². The highest BCUT2D eigenvalue weighted by Gasteiger charge is 2.13. The summed E-state index contributed by atoms with van der Waals surface area (Å²) in [6.45, 7) is 9.60. The molecule has 1 N–H and O–H groups in total. The maximum Gasteiger partial charge on any atom is 0.226 e. The van der Waals surface area contributed by atoms with E-state index in [1.807, 2.05) is 37.3 Å². The lowest BCUT2D eigenvalue weighted by atomic mass is 10.1. The second-order valence-corrected chi connectivity index (χ2v) is 6.73. The number of amides is 1. The molecule has 0 radical (unpaired) electrons. The first-order valence-electron chi connectivity index (χ1n) is 9.67. The molecule has 2 rings (SSSR count). The molecule has 0 spiro atoms. The first kappa shape index (κ1) is 21.0. The van der Waals surface area contributed by atoms with Gasteiger partial charge in [-0.3, -0.25) is 4.79 Å². The van der Waals surface area contributed by atoms with Crippen LogP contribution in [0, 0.1) is 0 Å². The number of aromatic nitrogens is 1. The summed E-state index contributed by atoms with van der Waals surface area (Å²) in [7, 11) is 1.63. The molecule has 0 fully saturated rings. The Balaban J connectivity index is 1.79. The van der Waals surface area contributed by atoms with Crippen LogP contribution in [0.15, 0.2) is 34.9 Å². The van der Waals surface area contributed by atoms with Gasteiger partial charge in [0.1, 0.15) is 5.75 Å². The molecule has 0 aliphatic carbocycles. The summed E-state index contributed by atoms with van der Waals surface area (Å²) in [6.07, 6.45) is 2.27. The van der Waals surface area contributed by atoms with Crippen LogP contribution in [0.4, 0.5) is 0 Å². The number of carbonyl (C=O) groups is 1. The quantitative estimate of drug-likeness (QED) is 0.653. The van der Waals surface area contributed by atoms with Gasteiger partial charge < -0.3 is 19.5 Å². The summed E-state index contributed by atoms with van der Waals surface area (Å²) in [5.74, 6) is 1.40. The first-order valence-corrected chi connectivity index (χ1v) is 9.67. The van der Waals surface area contributed by atoms with E-state index >= 15 is 0 Å². The lowest BCUT2D eigenvalue weighted by Gasteiger charge is -2.19. The van der Waals surface area contributed by atoms with Gasteiger partial charge in [0, 0.05) is 17.7 Å². The molecule has 1 aromatic heterocycles. The Morgan fingerprint density at radius 3 is 2.59 bits per heavy atom. The number of hydrogen-bond acceptors (Lipinski definition) is 5. The minimum atomic E-state index is -0.0279. The van der Waals surface area contributed by atoms with Crippen molar-refractivity contribution in [3.63, 3.8) is 0 Å². The number of hydrogen-bond donors (Lipinski definition) is 1. The molecule has 1 atom stereocenters. The van der Waals surface area contributed by atoms with Crippen LogP contribution in [-0.4, -0.2) is 48.7 Å². The Morgan fingerprint density at radius 2 is 1.96 bits per heavy atom. The fraction of sp³-hybridized carbons (Fsp3) is 0.524. The van der Waals surface area contributed by atoms with Gasteiger partial charge >= 0.3 is 0 Å². The molecule has 6 nitrogen and oxygen atoms in total. The average molecular weight is 373 g/mol. The fourth-order valence-corrected chi connectivity index (χ4v) is 3.01. The number of rotatable bonds is 11. The average Bonchev–Trinajstić information content (AvgIpc) is 3.13. The molecule has 2 aromatic rings. The van der Waals surface area contributed by atoms with E-state index in [0.29, 0.717) is 11.5 Å². The third-order valence-electron chi connectivity index (χ3n) is 4.69. The van der Waals surface area contributed by atoms with Crippen LogP contribution in [0.3, 0.4) is 0 Å². The van der Waals surface area contributed by atoms with E-state index in [1.54, 1.807) is 7.11 Å².